The summed E-state index contributed by atoms with van der Waals surface area (Å²) in [4.78, 5) is 20.1. The molecule has 4 rings (SSSR count). The topological polar surface area (TPSA) is 80.1 Å². The van der Waals surface area contributed by atoms with Gasteiger partial charge in [-0.2, -0.15) is 0 Å². The molecule has 1 aliphatic heterocycles. The fraction of sp³-hybridized carbons (Fsp3) is 0.385. The average molecular weight is 483 g/mol. The van der Waals surface area contributed by atoms with Crippen molar-refractivity contribution in [3.05, 3.63) is 78.1 Å². The van der Waals surface area contributed by atoms with E-state index in [1.54, 1.807) is 11.1 Å². The lowest BCUT2D eigenvalue weighted by atomic mass is 10.0. The van der Waals surface area contributed by atoms with Gasteiger partial charge in [0.15, 0.2) is 0 Å². The summed E-state index contributed by atoms with van der Waals surface area (Å²) in [5, 5.41) is 11.4. The molecule has 1 amide bonds. The van der Waals surface area contributed by atoms with Gasteiger partial charge in [0.25, 0.3) is 0 Å². The van der Waals surface area contributed by atoms with Gasteiger partial charge >= 0.3 is 0 Å². The molecule has 3 aromatic rings. The van der Waals surface area contributed by atoms with E-state index >= 15 is 0 Å². The van der Waals surface area contributed by atoms with Gasteiger partial charge in [-0.05, 0) is 42.0 Å². The van der Waals surface area contributed by atoms with E-state index in [2.05, 4.69) is 9.88 Å². The highest BCUT2D eigenvalue weighted by atomic mass is 19.1. The van der Waals surface area contributed by atoms with Crippen LogP contribution in [0.3, 0.4) is 0 Å². The van der Waals surface area contributed by atoms with Crippen molar-refractivity contribution in [3.8, 4) is 11.5 Å². The third-order valence-corrected chi connectivity index (χ3v) is 6.07. The van der Waals surface area contributed by atoms with Crippen molar-refractivity contribution in [1.29, 1.82) is 0 Å². The minimum Gasteiger partial charge on any atom is -0.490 e. The number of aliphatic hydroxyl groups is 1. The van der Waals surface area contributed by atoms with Crippen molar-refractivity contribution in [2.45, 2.75) is 25.7 Å². The number of aryl methyl sites for hydroxylation is 1. The predicted octanol–water partition coefficient (Wildman–Crippen LogP) is 2.61. The van der Waals surface area contributed by atoms with Crippen LogP contribution in [0.2, 0.25) is 0 Å². The summed E-state index contributed by atoms with van der Waals surface area (Å²) >= 11 is 0. The first-order valence-corrected chi connectivity index (χ1v) is 11.6. The molecule has 8 nitrogen and oxygen atoms in total. The van der Waals surface area contributed by atoms with Gasteiger partial charge in [-0.3, -0.25) is 9.69 Å². The van der Waals surface area contributed by atoms with Crippen LogP contribution in [0.15, 0.2) is 60.9 Å². The van der Waals surface area contributed by atoms with E-state index in [4.69, 9.17) is 9.47 Å². The molecule has 1 atom stereocenters. The first-order valence-electron chi connectivity index (χ1n) is 11.6. The Morgan fingerprint density at radius 2 is 1.74 bits per heavy atom. The molecule has 1 aromatic heterocycles. The van der Waals surface area contributed by atoms with Crippen molar-refractivity contribution >= 4 is 5.91 Å². The standard InChI is InChI=1S/C26H31FN4O4/c1-20(32)31-14-13-30(17-26(33,18-31)19-35-24-9-5-22(27)6-10-24)15-21-3-7-23(8-4-21)34-16-25-28-11-12-29(25)2/h3-12,33H,13-19H2,1-2H3. The fourth-order valence-electron chi connectivity index (χ4n) is 4.12. The Morgan fingerprint density at radius 1 is 1.06 bits per heavy atom. The SMILES string of the molecule is CC(=O)N1CCN(Cc2ccc(OCc3nccn3C)cc2)CC(O)(COc2ccc(F)cc2)C1. The molecule has 0 saturated carbocycles. The summed E-state index contributed by atoms with van der Waals surface area (Å²) in [6, 6.07) is 13.5. The lowest BCUT2D eigenvalue weighted by Gasteiger charge is -2.32. The first-order chi connectivity index (χ1) is 16.8. The Balaban J connectivity index is 1.39. The number of amides is 1. The van der Waals surface area contributed by atoms with Crippen LogP contribution < -0.4 is 9.47 Å². The summed E-state index contributed by atoms with van der Waals surface area (Å²) in [7, 11) is 1.93. The number of nitrogens with zero attached hydrogens (tertiary/aromatic N) is 4. The van der Waals surface area contributed by atoms with Crippen LogP contribution >= 0.6 is 0 Å². The lowest BCUT2D eigenvalue weighted by molar-refractivity contribution is -0.132. The molecular weight excluding hydrogens is 451 g/mol. The number of aromatic nitrogens is 2. The molecule has 1 unspecified atom stereocenters. The third-order valence-electron chi connectivity index (χ3n) is 6.07. The van der Waals surface area contributed by atoms with Crippen LogP contribution in [-0.4, -0.2) is 68.8 Å². The second kappa shape index (κ2) is 10.9. The van der Waals surface area contributed by atoms with Gasteiger partial charge < -0.3 is 24.0 Å². The number of rotatable bonds is 8. The molecule has 1 fully saturated rings. The number of halogens is 1. The monoisotopic (exact) mass is 482 g/mol. The maximum absolute atomic E-state index is 13.2. The highest BCUT2D eigenvalue weighted by molar-refractivity contribution is 5.73. The quantitative estimate of drug-likeness (QED) is 0.532. The molecule has 0 spiro atoms. The minimum atomic E-state index is -1.28. The number of hydrogen-bond acceptors (Lipinski definition) is 6. The second-order valence-electron chi connectivity index (χ2n) is 9.01. The molecule has 186 valence electrons. The van der Waals surface area contributed by atoms with Crippen molar-refractivity contribution in [1.82, 2.24) is 19.4 Å². The number of hydrogen-bond donors (Lipinski definition) is 1. The zero-order valence-corrected chi connectivity index (χ0v) is 20.1. The average Bonchev–Trinajstić information content (AvgIpc) is 3.17. The van der Waals surface area contributed by atoms with Crippen LogP contribution in [0.4, 0.5) is 4.39 Å². The third kappa shape index (κ3) is 6.80. The summed E-state index contributed by atoms with van der Waals surface area (Å²) < 4.78 is 26.7. The summed E-state index contributed by atoms with van der Waals surface area (Å²) in [5.41, 5.74) is -0.214. The summed E-state index contributed by atoms with van der Waals surface area (Å²) in [6.45, 7) is 4.10. The number of imidazole rings is 1. The van der Waals surface area contributed by atoms with Crippen LogP contribution in [0.25, 0.3) is 0 Å². The number of carbonyl (C=O) groups excluding carboxylic acids is 1. The Bertz CT molecular complexity index is 1120. The maximum Gasteiger partial charge on any atom is 0.219 e. The van der Waals surface area contributed by atoms with E-state index in [1.807, 2.05) is 42.1 Å². The molecule has 1 saturated heterocycles. The van der Waals surface area contributed by atoms with Crippen molar-refractivity contribution in [2.24, 2.45) is 7.05 Å². The van der Waals surface area contributed by atoms with Crippen molar-refractivity contribution in [2.75, 3.05) is 32.8 Å². The molecule has 35 heavy (non-hydrogen) atoms. The summed E-state index contributed by atoms with van der Waals surface area (Å²) in [6.07, 6.45) is 3.62. The van der Waals surface area contributed by atoms with Gasteiger partial charge in [-0.25, -0.2) is 9.37 Å². The van der Waals surface area contributed by atoms with Gasteiger partial charge in [0.2, 0.25) is 5.91 Å². The Morgan fingerprint density at radius 3 is 2.40 bits per heavy atom. The highest BCUT2D eigenvalue weighted by Crippen LogP contribution is 2.21. The van der Waals surface area contributed by atoms with Gasteiger partial charge in [0.05, 0.1) is 6.54 Å². The molecule has 2 heterocycles. The molecule has 9 heteroatoms. The molecule has 1 aliphatic rings. The minimum absolute atomic E-state index is 0.0150. The Labute approximate surface area is 204 Å². The molecule has 0 radical (unpaired) electrons. The van der Waals surface area contributed by atoms with E-state index in [1.165, 1.54) is 31.2 Å². The predicted molar refractivity (Wildman–Crippen MR) is 128 cm³/mol. The number of benzene rings is 2. The van der Waals surface area contributed by atoms with E-state index in [0.717, 1.165) is 17.1 Å². The molecule has 0 aliphatic carbocycles. The largest absolute Gasteiger partial charge is 0.490 e. The van der Waals surface area contributed by atoms with Crippen molar-refractivity contribution in [3.63, 3.8) is 0 Å². The van der Waals surface area contributed by atoms with Gasteiger partial charge in [-0.15, -0.1) is 0 Å². The van der Waals surface area contributed by atoms with Crippen LogP contribution in [-0.2, 0) is 25.0 Å². The zero-order valence-electron chi connectivity index (χ0n) is 20.1. The van der Waals surface area contributed by atoms with E-state index < -0.39 is 5.60 Å². The highest BCUT2D eigenvalue weighted by Gasteiger charge is 2.36. The van der Waals surface area contributed by atoms with E-state index in [9.17, 15) is 14.3 Å². The van der Waals surface area contributed by atoms with Gasteiger partial charge in [0.1, 0.15) is 42.0 Å². The molecule has 0 bridgehead atoms. The smallest absolute Gasteiger partial charge is 0.219 e. The normalized spacial score (nSPS) is 18.8. The fourth-order valence-corrected chi connectivity index (χ4v) is 4.12. The van der Waals surface area contributed by atoms with Crippen LogP contribution in [0.5, 0.6) is 11.5 Å². The Hall–Kier alpha value is -3.43. The van der Waals surface area contributed by atoms with Crippen LogP contribution in [0, 0.1) is 5.82 Å². The Kier molecular flexibility index (Phi) is 7.67. The first kappa shape index (κ1) is 24.7. The maximum atomic E-state index is 13.2. The number of β-amino-alcohol motifs (C(OH)–C–C–N with tert-alkyl or cyclic N) is 1. The molecule has 2 aromatic carbocycles. The van der Waals surface area contributed by atoms with E-state index in [-0.39, 0.29) is 24.9 Å². The number of carbonyl (C=O) groups is 1. The van der Waals surface area contributed by atoms with Crippen LogP contribution in [0.1, 0.15) is 18.3 Å². The summed E-state index contributed by atoms with van der Waals surface area (Å²) in [5.74, 6) is 1.61. The van der Waals surface area contributed by atoms with Crippen molar-refractivity contribution < 1.29 is 23.8 Å². The van der Waals surface area contributed by atoms with E-state index in [0.29, 0.717) is 38.5 Å². The van der Waals surface area contributed by atoms with Gasteiger partial charge in [-0.1, -0.05) is 12.1 Å². The molecular formula is C26H31FN4O4. The van der Waals surface area contributed by atoms with Gasteiger partial charge in [0, 0.05) is 52.5 Å². The lowest BCUT2D eigenvalue weighted by Crippen LogP contribution is -2.51. The zero-order chi connectivity index (χ0) is 24.8. The number of ether oxygens (including phenoxy) is 2. The second-order valence-corrected chi connectivity index (χ2v) is 9.01. The molecule has 1 N–H and O–H groups in total.